The second kappa shape index (κ2) is 12.8. The van der Waals surface area contributed by atoms with E-state index in [1.807, 2.05) is 36.5 Å². The number of hydrogen-bond donors (Lipinski definition) is 2. The highest BCUT2D eigenvalue weighted by Gasteiger charge is 2.29. The number of carbonyl (C=O) groups is 1. The minimum Gasteiger partial charge on any atom is -0.394 e. The number of benzene rings is 2. The Morgan fingerprint density at radius 1 is 1.02 bits per heavy atom. The summed E-state index contributed by atoms with van der Waals surface area (Å²) in [6.07, 6.45) is 9.81. The topological polar surface area (TPSA) is 67.2 Å². The lowest BCUT2D eigenvalue weighted by Crippen LogP contribution is -2.37. The van der Waals surface area contributed by atoms with Crippen LogP contribution in [0.15, 0.2) is 66.9 Å². The van der Waals surface area contributed by atoms with Crippen molar-refractivity contribution in [2.24, 2.45) is 5.92 Å². The fraction of sp³-hybridized carbons (Fsp3) is 0.429. The molecule has 1 aliphatic rings. The van der Waals surface area contributed by atoms with Crippen molar-refractivity contribution in [1.82, 2.24) is 14.9 Å². The molecule has 0 aliphatic heterocycles. The lowest BCUT2D eigenvalue weighted by Gasteiger charge is -2.27. The van der Waals surface area contributed by atoms with Crippen LogP contribution in [-0.2, 0) is 24.2 Å². The Bertz CT molecular complexity index is 1420. The Labute approximate surface area is 238 Å². The molecule has 5 rings (SSSR count). The van der Waals surface area contributed by atoms with Gasteiger partial charge in [-0.1, -0.05) is 81.3 Å². The van der Waals surface area contributed by atoms with Crippen molar-refractivity contribution in [3.63, 3.8) is 0 Å². The normalized spacial score (nSPS) is 15.4. The average Bonchev–Trinajstić information content (AvgIpc) is 3.30. The predicted molar refractivity (Wildman–Crippen MR) is 162 cm³/mol. The van der Waals surface area contributed by atoms with Crippen LogP contribution in [0, 0.1) is 12.8 Å². The van der Waals surface area contributed by atoms with Crippen molar-refractivity contribution in [2.45, 2.75) is 84.2 Å². The van der Waals surface area contributed by atoms with Gasteiger partial charge in [-0.15, -0.1) is 0 Å². The van der Waals surface area contributed by atoms with Gasteiger partial charge >= 0.3 is 0 Å². The van der Waals surface area contributed by atoms with Crippen LogP contribution in [0.25, 0.3) is 11.0 Å². The monoisotopic (exact) mass is 537 g/mol. The number of pyridine rings is 1. The van der Waals surface area contributed by atoms with Crippen LogP contribution in [-0.4, -0.2) is 27.2 Å². The molecule has 0 bridgehead atoms. The molecule has 2 aromatic heterocycles. The molecule has 1 amide bonds. The Balaban J connectivity index is 1.41. The molecule has 0 fully saturated rings. The molecule has 5 heteroatoms. The number of carbonyl (C=O) groups excluding carboxylic acids is 1. The zero-order valence-corrected chi connectivity index (χ0v) is 24.2. The molecule has 3 atom stereocenters. The molecule has 2 unspecified atom stereocenters. The van der Waals surface area contributed by atoms with E-state index in [2.05, 4.69) is 61.0 Å². The average molecular weight is 538 g/mol. The summed E-state index contributed by atoms with van der Waals surface area (Å²) in [7, 11) is 0. The van der Waals surface area contributed by atoms with Crippen LogP contribution >= 0.6 is 0 Å². The molecular formula is C35H43N3O2. The summed E-state index contributed by atoms with van der Waals surface area (Å²) in [6.45, 7) is 7.21. The Morgan fingerprint density at radius 2 is 1.77 bits per heavy atom. The van der Waals surface area contributed by atoms with Gasteiger partial charge in [0.05, 0.1) is 18.6 Å². The third kappa shape index (κ3) is 5.85. The number of hydrogen-bond acceptors (Lipinski definition) is 3. The lowest BCUT2D eigenvalue weighted by molar-refractivity contribution is -0.124. The van der Waals surface area contributed by atoms with Crippen molar-refractivity contribution < 1.29 is 9.90 Å². The minimum absolute atomic E-state index is 0.0237. The van der Waals surface area contributed by atoms with Gasteiger partial charge in [-0.2, -0.15) is 0 Å². The summed E-state index contributed by atoms with van der Waals surface area (Å²) in [5, 5.41) is 14.6. The molecule has 210 valence electrons. The van der Waals surface area contributed by atoms with Gasteiger partial charge < -0.3 is 15.0 Å². The second-order valence-electron chi connectivity index (χ2n) is 11.5. The van der Waals surface area contributed by atoms with Gasteiger partial charge in [-0.25, -0.2) is 4.98 Å². The Hall–Kier alpha value is -3.44. The maximum atomic E-state index is 13.7. The third-order valence-electron chi connectivity index (χ3n) is 8.71. The SMILES string of the molecule is CCCCC(C)C(C(=O)N[C@@H](CO)c1ccccc1)c1ccc(Cn2c3c(c4c(C)ccnc42)CCCC3)cc1. The maximum absolute atomic E-state index is 13.7. The molecule has 40 heavy (non-hydrogen) atoms. The number of rotatable bonds is 11. The molecule has 0 saturated carbocycles. The van der Waals surface area contributed by atoms with Gasteiger partial charge in [0, 0.05) is 23.8 Å². The summed E-state index contributed by atoms with van der Waals surface area (Å²) >= 11 is 0. The molecule has 0 saturated heterocycles. The molecule has 2 aromatic carbocycles. The van der Waals surface area contributed by atoms with E-state index in [4.69, 9.17) is 4.98 Å². The van der Waals surface area contributed by atoms with E-state index in [0.717, 1.165) is 55.4 Å². The van der Waals surface area contributed by atoms with E-state index in [0.29, 0.717) is 0 Å². The van der Waals surface area contributed by atoms with Crippen LogP contribution < -0.4 is 5.32 Å². The summed E-state index contributed by atoms with van der Waals surface area (Å²) in [4.78, 5) is 18.6. The van der Waals surface area contributed by atoms with Gasteiger partial charge in [-0.3, -0.25) is 4.79 Å². The molecule has 0 spiro atoms. The summed E-state index contributed by atoms with van der Waals surface area (Å²) in [5.41, 5.74) is 8.49. The highest BCUT2D eigenvalue weighted by Crippen LogP contribution is 2.34. The van der Waals surface area contributed by atoms with Crippen LogP contribution in [0.5, 0.6) is 0 Å². The highest BCUT2D eigenvalue weighted by molar-refractivity contribution is 5.86. The van der Waals surface area contributed by atoms with Gasteiger partial charge in [0.2, 0.25) is 5.91 Å². The van der Waals surface area contributed by atoms with Crippen molar-refractivity contribution in [3.8, 4) is 0 Å². The quantitative estimate of drug-likeness (QED) is 0.216. The fourth-order valence-corrected chi connectivity index (χ4v) is 6.50. The minimum atomic E-state index is -0.419. The van der Waals surface area contributed by atoms with Crippen LogP contribution in [0.4, 0.5) is 0 Å². The van der Waals surface area contributed by atoms with E-state index < -0.39 is 6.04 Å². The number of amides is 1. The number of unbranched alkanes of at least 4 members (excludes halogenated alkanes) is 1. The number of nitrogens with zero attached hydrogens (tertiary/aromatic N) is 2. The summed E-state index contributed by atoms with van der Waals surface area (Å²) in [5.74, 6) is -0.110. The van der Waals surface area contributed by atoms with Gasteiger partial charge in [0.1, 0.15) is 5.65 Å². The van der Waals surface area contributed by atoms with Crippen LogP contribution in [0.2, 0.25) is 0 Å². The second-order valence-corrected chi connectivity index (χ2v) is 11.5. The largest absolute Gasteiger partial charge is 0.394 e. The molecule has 4 aromatic rings. The van der Waals surface area contributed by atoms with Crippen LogP contribution in [0.3, 0.4) is 0 Å². The van der Waals surface area contributed by atoms with Crippen molar-refractivity contribution >= 4 is 16.9 Å². The van der Waals surface area contributed by atoms with E-state index in [1.165, 1.54) is 40.6 Å². The number of aromatic nitrogens is 2. The van der Waals surface area contributed by atoms with E-state index >= 15 is 0 Å². The number of aryl methyl sites for hydroxylation is 2. The lowest BCUT2D eigenvalue weighted by atomic mass is 9.83. The number of aliphatic hydroxyl groups is 1. The first-order valence-corrected chi connectivity index (χ1v) is 15.0. The van der Waals surface area contributed by atoms with E-state index in [9.17, 15) is 9.90 Å². The molecule has 2 N–H and O–H groups in total. The zero-order valence-electron chi connectivity index (χ0n) is 24.2. The maximum Gasteiger partial charge on any atom is 0.228 e. The summed E-state index contributed by atoms with van der Waals surface area (Å²) < 4.78 is 2.42. The fourth-order valence-electron chi connectivity index (χ4n) is 6.50. The van der Waals surface area contributed by atoms with Gasteiger partial charge in [0.25, 0.3) is 0 Å². The van der Waals surface area contributed by atoms with Gasteiger partial charge in [-0.05, 0) is 78.8 Å². The summed E-state index contributed by atoms with van der Waals surface area (Å²) in [6, 6.07) is 20.1. The predicted octanol–water partition coefficient (Wildman–Crippen LogP) is 7.03. The van der Waals surface area contributed by atoms with Crippen molar-refractivity contribution in [3.05, 3.63) is 100 Å². The first-order valence-electron chi connectivity index (χ1n) is 15.0. The molecule has 1 aliphatic carbocycles. The smallest absolute Gasteiger partial charge is 0.228 e. The number of nitrogens with one attached hydrogen (secondary N) is 1. The molecule has 5 nitrogen and oxygen atoms in total. The zero-order chi connectivity index (χ0) is 28.1. The number of fused-ring (bicyclic) bond motifs is 3. The van der Waals surface area contributed by atoms with E-state index in [-0.39, 0.29) is 24.3 Å². The highest BCUT2D eigenvalue weighted by atomic mass is 16.3. The van der Waals surface area contributed by atoms with E-state index in [1.54, 1.807) is 0 Å². The standard InChI is InChI=1S/C35H43N3O2/c1-4-5-11-24(2)32(35(40)37-30(23-39)27-12-7-6-8-13-27)28-18-16-26(17-19-28)22-38-31-15-10-9-14-29(31)33-25(3)20-21-36-34(33)38/h6-8,12-13,16-21,24,30,32,39H,4-5,9-11,14-15,22-23H2,1-3H3,(H,37,40)/t24?,30-,32?/m0/s1. The van der Waals surface area contributed by atoms with Crippen molar-refractivity contribution in [1.29, 1.82) is 0 Å². The first-order chi connectivity index (χ1) is 19.5. The molecular weight excluding hydrogens is 494 g/mol. The molecule has 2 heterocycles. The first kappa shape index (κ1) is 28.1. The van der Waals surface area contributed by atoms with Gasteiger partial charge in [0.15, 0.2) is 0 Å². The van der Waals surface area contributed by atoms with Crippen LogP contribution in [0.1, 0.15) is 91.4 Å². The van der Waals surface area contributed by atoms with Crippen molar-refractivity contribution in [2.75, 3.05) is 6.61 Å². The third-order valence-corrected chi connectivity index (χ3v) is 8.71. The Morgan fingerprint density at radius 3 is 2.50 bits per heavy atom. The Kier molecular flexibility index (Phi) is 9.01. The number of aliphatic hydroxyl groups excluding tert-OH is 1. The molecule has 0 radical (unpaired) electrons.